The Hall–Kier alpha value is 0.120. The molecule has 0 saturated heterocycles. The molecule has 1 unspecified atom stereocenters. The molecule has 1 aliphatic rings. The van der Waals surface area contributed by atoms with E-state index in [1.807, 2.05) is 0 Å². The summed E-state index contributed by atoms with van der Waals surface area (Å²) in [5, 5.41) is 0. The van der Waals surface area contributed by atoms with Crippen LogP contribution < -0.4 is 0 Å². The lowest BCUT2D eigenvalue weighted by Gasteiger charge is -2.22. The minimum Gasteiger partial charge on any atom is -0.292 e. The van der Waals surface area contributed by atoms with Crippen LogP contribution in [0.4, 0.5) is 0 Å². The van der Waals surface area contributed by atoms with Gasteiger partial charge in [-0.2, -0.15) is 0 Å². The van der Waals surface area contributed by atoms with Gasteiger partial charge in [0.15, 0.2) is 0 Å². The smallest absolute Gasteiger partial charge is 0.292 e. The molecule has 0 N–H and O–H groups in total. The van der Waals surface area contributed by atoms with Gasteiger partial charge in [0.1, 0.15) is 0 Å². The first-order valence-corrected chi connectivity index (χ1v) is 7.26. The topological polar surface area (TPSA) is 52.6 Å². The van der Waals surface area contributed by atoms with Crippen LogP contribution in [0, 0.1) is 5.92 Å². The number of hydrogen-bond donors (Lipinski definition) is 0. The Morgan fingerprint density at radius 1 is 1.12 bits per heavy atom. The van der Waals surface area contributed by atoms with Gasteiger partial charge in [0.25, 0.3) is 0 Å². The molecule has 1 rings (SSSR count). The zero-order chi connectivity index (χ0) is 11.6. The van der Waals surface area contributed by atoms with Crippen molar-refractivity contribution in [3.8, 4) is 0 Å². The normalized spacial score (nSPS) is 20.2. The third-order valence-electron chi connectivity index (χ3n) is 3.13. The van der Waals surface area contributed by atoms with Crippen molar-refractivity contribution in [3.63, 3.8) is 0 Å². The quantitative estimate of drug-likeness (QED) is 0.617. The number of hydrogen-bond acceptors (Lipinski definition) is 4. The molecule has 92 valence electrons. The van der Waals surface area contributed by atoms with E-state index >= 15 is 0 Å². The van der Waals surface area contributed by atoms with Crippen LogP contribution in [-0.2, 0) is 18.2 Å². The van der Waals surface area contributed by atoms with Crippen LogP contribution in [-0.4, -0.2) is 12.7 Å². The third kappa shape index (κ3) is 6.00. The molecule has 16 heavy (non-hydrogen) atoms. The molecule has 0 aromatic carbocycles. The van der Waals surface area contributed by atoms with E-state index < -0.39 is 0 Å². The van der Waals surface area contributed by atoms with Crippen LogP contribution in [0.25, 0.3) is 0 Å². The summed E-state index contributed by atoms with van der Waals surface area (Å²) >= 11 is 0. The zero-order valence-electron chi connectivity index (χ0n) is 9.34. The molecule has 0 heterocycles. The molecule has 1 aliphatic carbocycles. The Bertz CT molecular complexity index is 207. The zero-order valence-corrected chi connectivity index (χ0v) is 11.1. The SMILES string of the molecule is O=POCC(CCC1CCCCC1)OP=O. The highest BCUT2D eigenvalue weighted by Crippen LogP contribution is 2.28. The maximum atomic E-state index is 10.4. The summed E-state index contributed by atoms with van der Waals surface area (Å²) in [7, 11) is -0.671. The van der Waals surface area contributed by atoms with Crippen molar-refractivity contribution in [1.82, 2.24) is 0 Å². The lowest BCUT2D eigenvalue weighted by Crippen LogP contribution is -2.17. The molecule has 0 radical (unpaired) electrons. The molecule has 0 aromatic rings. The van der Waals surface area contributed by atoms with Gasteiger partial charge in [-0.1, -0.05) is 32.1 Å². The molecule has 1 fully saturated rings. The minimum absolute atomic E-state index is 0.206. The second-order valence-electron chi connectivity index (χ2n) is 4.25. The molecule has 1 atom stereocenters. The van der Waals surface area contributed by atoms with Crippen LogP contribution in [0.1, 0.15) is 44.9 Å². The van der Waals surface area contributed by atoms with Crippen molar-refractivity contribution in [2.45, 2.75) is 51.0 Å². The van der Waals surface area contributed by atoms with E-state index in [4.69, 9.17) is 9.05 Å². The van der Waals surface area contributed by atoms with Gasteiger partial charge >= 0.3 is 17.4 Å². The first kappa shape index (κ1) is 14.2. The average Bonchev–Trinajstić information content (AvgIpc) is 2.34. The van der Waals surface area contributed by atoms with Crippen molar-refractivity contribution in [2.75, 3.05) is 6.61 Å². The summed E-state index contributed by atoms with van der Waals surface area (Å²) in [5.74, 6) is 0.771. The molecular weight excluding hydrogens is 246 g/mol. The molecule has 4 nitrogen and oxygen atoms in total. The molecule has 0 amide bonds. The van der Waals surface area contributed by atoms with Crippen LogP contribution in [0.15, 0.2) is 0 Å². The van der Waals surface area contributed by atoms with E-state index in [-0.39, 0.29) is 30.1 Å². The molecular formula is C10H18O4P2. The van der Waals surface area contributed by atoms with Gasteiger partial charge in [-0.3, -0.25) is 9.05 Å². The Balaban J connectivity index is 2.18. The summed E-state index contributed by atoms with van der Waals surface area (Å²) in [4.78, 5) is 0. The van der Waals surface area contributed by atoms with E-state index in [9.17, 15) is 9.13 Å². The van der Waals surface area contributed by atoms with E-state index in [0.29, 0.717) is 0 Å². The Morgan fingerprint density at radius 3 is 2.50 bits per heavy atom. The van der Waals surface area contributed by atoms with Gasteiger partial charge in [-0.05, 0) is 18.8 Å². The van der Waals surface area contributed by atoms with Crippen molar-refractivity contribution in [1.29, 1.82) is 0 Å². The monoisotopic (exact) mass is 264 g/mol. The maximum Gasteiger partial charge on any atom is 0.327 e. The first-order chi connectivity index (χ1) is 7.86. The molecule has 6 heteroatoms. The molecule has 1 saturated carbocycles. The maximum absolute atomic E-state index is 10.4. The standard InChI is InChI=1S/C10H18O4P2/c11-15-13-8-10(14-16-12)7-6-9-4-2-1-3-5-9/h9-10H,1-8H2. The predicted octanol–water partition coefficient (Wildman–Crippen LogP) is 4.16. The highest BCUT2D eigenvalue weighted by atomic mass is 31.1. The Labute approximate surface area is 99.7 Å². The fourth-order valence-corrected chi connectivity index (χ4v) is 2.75. The van der Waals surface area contributed by atoms with Crippen LogP contribution in [0.2, 0.25) is 0 Å². The van der Waals surface area contributed by atoms with Gasteiger partial charge < -0.3 is 0 Å². The molecule has 0 bridgehead atoms. The van der Waals surface area contributed by atoms with Crippen molar-refractivity contribution in [2.24, 2.45) is 5.92 Å². The lowest BCUT2D eigenvalue weighted by molar-refractivity contribution is 0.131. The van der Waals surface area contributed by atoms with Gasteiger partial charge in [0.2, 0.25) is 0 Å². The van der Waals surface area contributed by atoms with E-state index in [1.54, 1.807) is 0 Å². The van der Waals surface area contributed by atoms with Crippen molar-refractivity contribution < 1.29 is 18.2 Å². The number of rotatable bonds is 8. The summed E-state index contributed by atoms with van der Waals surface area (Å²) in [6, 6.07) is 0. The first-order valence-electron chi connectivity index (χ1n) is 5.80. The average molecular weight is 264 g/mol. The molecule has 0 aromatic heterocycles. The Kier molecular flexibility index (Phi) is 8.14. The van der Waals surface area contributed by atoms with Gasteiger partial charge in [-0.25, -0.2) is 9.13 Å². The van der Waals surface area contributed by atoms with Crippen molar-refractivity contribution >= 4 is 17.4 Å². The molecule has 0 spiro atoms. The van der Waals surface area contributed by atoms with Gasteiger partial charge in [0.05, 0.1) is 12.7 Å². The van der Waals surface area contributed by atoms with Crippen LogP contribution >= 0.6 is 17.4 Å². The largest absolute Gasteiger partial charge is 0.327 e. The van der Waals surface area contributed by atoms with E-state index in [1.165, 1.54) is 32.1 Å². The van der Waals surface area contributed by atoms with E-state index in [0.717, 1.165) is 18.8 Å². The molecule has 0 aliphatic heterocycles. The summed E-state index contributed by atoms with van der Waals surface area (Å²) < 4.78 is 30.2. The highest BCUT2D eigenvalue weighted by Gasteiger charge is 2.17. The van der Waals surface area contributed by atoms with Crippen LogP contribution in [0.5, 0.6) is 0 Å². The highest BCUT2D eigenvalue weighted by molar-refractivity contribution is 7.17. The minimum atomic E-state index is -0.344. The fourth-order valence-electron chi connectivity index (χ4n) is 2.24. The Morgan fingerprint density at radius 2 is 1.88 bits per heavy atom. The fraction of sp³-hybridized carbons (Fsp3) is 1.00. The van der Waals surface area contributed by atoms with Crippen molar-refractivity contribution in [3.05, 3.63) is 0 Å². The predicted molar refractivity (Wildman–Crippen MR) is 61.8 cm³/mol. The summed E-state index contributed by atoms with van der Waals surface area (Å²) in [6.07, 6.45) is 8.30. The van der Waals surface area contributed by atoms with Gasteiger partial charge in [-0.15, -0.1) is 0 Å². The van der Waals surface area contributed by atoms with E-state index in [2.05, 4.69) is 0 Å². The lowest BCUT2D eigenvalue weighted by atomic mass is 9.85. The third-order valence-corrected chi connectivity index (χ3v) is 3.77. The van der Waals surface area contributed by atoms with Crippen LogP contribution in [0.3, 0.4) is 0 Å². The van der Waals surface area contributed by atoms with Gasteiger partial charge in [0, 0.05) is 0 Å². The second-order valence-corrected chi connectivity index (χ2v) is 5.02. The summed E-state index contributed by atoms with van der Waals surface area (Å²) in [6.45, 7) is 0.243. The summed E-state index contributed by atoms with van der Waals surface area (Å²) in [5.41, 5.74) is 0. The second kappa shape index (κ2) is 9.18.